The van der Waals surface area contributed by atoms with E-state index >= 15 is 0 Å². The molecule has 6 nitrogen and oxygen atoms in total. The third kappa shape index (κ3) is 1.34. The maximum Gasteiger partial charge on any atom is 0.347 e. The van der Waals surface area contributed by atoms with Crippen LogP contribution in [0.3, 0.4) is 0 Å². The van der Waals surface area contributed by atoms with Gasteiger partial charge in [-0.15, -0.1) is 0 Å². The molecular formula is C16H8O6. The summed E-state index contributed by atoms with van der Waals surface area (Å²) in [5.41, 5.74) is -1.72. The molecule has 2 aromatic heterocycles. The van der Waals surface area contributed by atoms with Gasteiger partial charge in [-0.05, 0) is 47.9 Å². The summed E-state index contributed by atoms with van der Waals surface area (Å²) in [5.74, 6) is 0. The van der Waals surface area contributed by atoms with Gasteiger partial charge in [-0.25, -0.2) is 19.2 Å². The van der Waals surface area contributed by atoms with Crippen molar-refractivity contribution in [2.24, 2.45) is 0 Å². The van der Waals surface area contributed by atoms with Crippen LogP contribution in [0.5, 0.6) is 0 Å². The Morgan fingerprint density at radius 1 is 0.591 bits per heavy atom. The molecule has 0 aliphatic rings. The van der Waals surface area contributed by atoms with E-state index < -0.39 is 22.5 Å². The van der Waals surface area contributed by atoms with Gasteiger partial charge in [0.05, 0.1) is 21.5 Å². The summed E-state index contributed by atoms with van der Waals surface area (Å²) in [6, 6.07) is 3.05. The van der Waals surface area contributed by atoms with Gasteiger partial charge in [0.25, 0.3) is 0 Å². The summed E-state index contributed by atoms with van der Waals surface area (Å²) in [6.45, 7) is 3.35. The second-order valence-corrected chi connectivity index (χ2v) is 5.30. The van der Waals surface area contributed by atoms with Crippen LogP contribution in [0.15, 0.2) is 40.1 Å². The Morgan fingerprint density at radius 2 is 0.955 bits per heavy atom. The van der Waals surface area contributed by atoms with Crippen molar-refractivity contribution in [2.45, 2.75) is 13.8 Å². The molecule has 0 amide bonds. The molecule has 108 valence electrons. The van der Waals surface area contributed by atoms with E-state index in [0.29, 0.717) is 21.9 Å². The fraction of sp³-hybridized carbons (Fsp3) is 0.125. The molecule has 6 heteroatoms. The van der Waals surface area contributed by atoms with E-state index in [2.05, 4.69) is 8.83 Å². The second-order valence-electron chi connectivity index (χ2n) is 5.30. The SMILES string of the molecule is Cc1c2cc3c(=O)oc(=O)c3cc2c(C)c2c(=O)oc(=O)c12. The highest BCUT2D eigenvalue weighted by Crippen LogP contribution is 2.31. The first-order valence-corrected chi connectivity index (χ1v) is 6.54. The predicted octanol–water partition coefficient (Wildman–Crippen LogP) is 1.27. The minimum absolute atomic E-state index is 0.164. The molecular weight excluding hydrogens is 288 g/mol. The maximum atomic E-state index is 11.9. The van der Waals surface area contributed by atoms with Crippen LogP contribution in [0.4, 0.5) is 0 Å². The van der Waals surface area contributed by atoms with Crippen LogP contribution in [-0.2, 0) is 0 Å². The number of fused-ring (bicyclic) bond motifs is 3. The lowest BCUT2D eigenvalue weighted by Crippen LogP contribution is -1.98. The zero-order chi connectivity index (χ0) is 15.8. The number of hydrogen-bond acceptors (Lipinski definition) is 6. The van der Waals surface area contributed by atoms with Crippen LogP contribution in [0.2, 0.25) is 0 Å². The van der Waals surface area contributed by atoms with Gasteiger partial charge in [-0.1, -0.05) is 0 Å². The molecule has 0 saturated heterocycles. The number of hydrogen-bond donors (Lipinski definition) is 0. The summed E-state index contributed by atoms with van der Waals surface area (Å²) in [6.07, 6.45) is 0. The standard InChI is InChI=1S/C16H8O6/c1-5-7-3-9-10(14(18)21-13(9)17)4-8(7)6(2)12-11(5)15(19)22-16(12)20/h3-4H,1-2H3. The molecule has 4 aromatic rings. The van der Waals surface area contributed by atoms with E-state index in [1.54, 1.807) is 13.8 Å². The molecule has 0 spiro atoms. The number of rotatable bonds is 0. The monoisotopic (exact) mass is 296 g/mol. The Morgan fingerprint density at radius 3 is 1.36 bits per heavy atom. The Balaban J connectivity index is 2.45. The summed E-state index contributed by atoms with van der Waals surface area (Å²) in [7, 11) is 0. The van der Waals surface area contributed by atoms with E-state index in [1.165, 1.54) is 12.1 Å². The molecule has 22 heavy (non-hydrogen) atoms. The summed E-state index contributed by atoms with van der Waals surface area (Å²) >= 11 is 0. The average Bonchev–Trinajstić information content (AvgIpc) is 2.92. The highest BCUT2D eigenvalue weighted by molar-refractivity contribution is 6.09. The van der Waals surface area contributed by atoms with Gasteiger partial charge in [0, 0.05) is 0 Å². The summed E-state index contributed by atoms with van der Waals surface area (Å²) in [4.78, 5) is 47.1. The van der Waals surface area contributed by atoms with Crippen LogP contribution >= 0.6 is 0 Å². The van der Waals surface area contributed by atoms with Crippen LogP contribution in [0, 0.1) is 13.8 Å². The van der Waals surface area contributed by atoms with Gasteiger partial charge in [-0.2, -0.15) is 0 Å². The molecule has 2 heterocycles. The van der Waals surface area contributed by atoms with E-state index in [1.807, 2.05) is 0 Å². The topological polar surface area (TPSA) is 94.6 Å². The fourth-order valence-electron chi connectivity index (χ4n) is 3.09. The smallest absolute Gasteiger partial charge is 0.347 e. The Labute approximate surface area is 120 Å². The third-order valence-corrected chi connectivity index (χ3v) is 4.18. The molecule has 0 radical (unpaired) electrons. The first-order valence-electron chi connectivity index (χ1n) is 6.54. The largest absolute Gasteiger partial charge is 0.386 e. The molecule has 2 aromatic carbocycles. The zero-order valence-corrected chi connectivity index (χ0v) is 11.6. The van der Waals surface area contributed by atoms with Crippen LogP contribution in [-0.4, -0.2) is 0 Å². The average molecular weight is 296 g/mol. The van der Waals surface area contributed by atoms with E-state index in [-0.39, 0.29) is 21.5 Å². The predicted molar refractivity (Wildman–Crippen MR) is 80.4 cm³/mol. The maximum absolute atomic E-state index is 11.9. The van der Waals surface area contributed by atoms with Gasteiger partial charge < -0.3 is 8.83 Å². The van der Waals surface area contributed by atoms with Crippen molar-refractivity contribution < 1.29 is 8.83 Å². The van der Waals surface area contributed by atoms with Gasteiger partial charge >= 0.3 is 22.5 Å². The van der Waals surface area contributed by atoms with Crippen LogP contribution in [0.25, 0.3) is 32.3 Å². The lowest BCUT2D eigenvalue weighted by molar-refractivity contribution is 0.499. The number of furan rings is 2. The van der Waals surface area contributed by atoms with Gasteiger partial charge in [0.15, 0.2) is 0 Å². The van der Waals surface area contributed by atoms with Crippen molar-refractivity contribution >= 4 is 32.3 Å². The normalized spacial score (nSPS) is 11.9. The molecule has 4 rings (SSSR count). The second kappa shape index (κ2) is 3.79. The molecule has 0 N–H and O–H groups in total. The van der Waals surface area contributed by atoms with Crippen molar-refractivity contribution in [3.8, 4) is 0 Å². The van der Waals surface area contributed by atoms with E-state index in [0.717, 1.165) is 0 Å². The van der Waals surface area contributed by atoms with Crippen LogP contribution in [0.1, 0.15) is 11.1 Å². The lowest BCUT2D eigenvalue weighted by Gasteiger charge is -2.06. The highest BCUT2D eigenvalue weighted by Gasteiger charge is 2.20. The minimum atomic E-state index is -0.710. The van der Waals surface area contributed by atoms with Gasteiger partial charge in [0.1, 0.15) is 0 Å². The minimum Gasteiger partial charge on any atom is -0.386 e. The molecule has 0 unspecified atom stereocenters. The first kappa shape index (κ1) is 12.7. The number of benzene rings is 2. The quantitative estimate of drug-likeness (QED) is 0.485. The summed E-state index contributed by atoms with van der Waals surface area (Å²) < 4.78 is 9.26. The van der Waals surface area contributed by atoms with Crippen molar-refractivity contribution in [1.29, 1.82) is 0 Å². The Bertz CT molecular complexity index is 1210. The third-order valence-electron chi connectivity index (χ3n) is 4.18. The zero-order valence-electron chi connectivity index (χ0n) is 11.6. The summed E-state index contributed by atoms with van der Waals surface area (Å²) in [5, 5.41) is 2.00. The number of aryl methyl sites for hydroxylation is 2. The molecule has 0 aliphatic heterocycles. The van der Waals surface area contributed by atoms with Crippen molar-refractivity contribution in [2.75, 3.05) is 0 Å². The highest BCUT2D eigenvalue weighted by atomic mass is 16.4. The van der Waals surface area contributed by atoms with Gasteiger partial charge in [0.2, 0.25) is 0 Å². The molecule has 0 saturated carbocycles. The van der Waals surface area contributed by atoms with Crippen LogP contribution < -0.4 is 22.5 Å². The molecule has 0 aliphatic carbocycles. The van der Waals surface area contributed by atoms with E-state index in [9.17, 15) is 19.2 Å². The van der Waals surface area contributed by atoms with E-state index in [4.69, 9.17) is 0 Å². The molecule has 0 atom stereocenters. The Kier molecular flexibility index (Phi) is 2.19. The first-order chi connectivity index (χ1) is 10.4. The fourth-order valence-corrected chi connectivity index (χ4v) is 3.09. The van der Waals surface area contributed by atoms with Crippen molar-refractivity contribution in [1.82, 2.24) is 0 Å². The molecule has 0 bridgehead atoms. The van der Waals surface area contributed by atoms with Crippen molar-refractivity contribution in [3.05, 3.63) is 64.9 Å². The Hall–Kier alpha value is -3.02. The van der Waals surface area contributed by atoms with Crippen molar-refractivity contribution in [3.63, 3.8) is 0 Å². The lowest BCUT2D eigenvalue weighted by atomic mass is 9.94. The molecule has 0 fully saturated rings. The van der Waals surface area contributed by atoms with Gasteiger partial charge in [-0.3, -0.25) is 0 Å².